The molecule has 1 fully saturated rings. The molecule has 0 bridgehead atoms. The van der Waals surface area contributed by atoms with Crippen molar-refractivity contribution in [3.8, 4) is 0 Å². The summed E-state index contributed by atoms with van der Waals surface area (Å²) < 4.78 is 81.7. The number of aliphatic hydroxyl groups excluding tert-OH is 1. The minimum atomic E-state index is -5.86. The van der Waals surface area contributed by atoms with Gasteiger partial charge in [-0.2, -0.15) is 13.6 Å². The van der Waals surface area contributed by atoms with Gasteiger partial charge in [0.15, 0.2) is 23.5 Å². The van der Waals surface area contributed by atoms with E-state index < -0.39 is 76.2 Å². The lowest BCUT2D eigenvalue weighted by Gasteiger charge is -2.34. The van der Waals surface area contributed by atoms with Crippen LogP contribution in [0.15, 0.2) is 4.79 Å². The number of anilines is 1. The summed E-state index contributed by atoms with van der Waals surface area (Å²) in [5, 5.41) is 10.5. The zero-order chi connectivity index (χ0) is 26.7. The second kappa shape index (κ2) is 9.07. The van der Waals surface area contributed by atoms with Crippen molar-refractivity contribution in [3.05, 3.63) is 22.0 Å². The van der Waals surface area contributed by atoms with Crippen LogP contribution >= 0.6 is 23.5 Å². The van der Waals surface area contributed by atoms with Crippen molar-refractivity contribution in [3.63, 3.8) is 0 Å². The van der Waals surface area contributed by atoms with Gasteiger partial charge in [-0.15, -0.1) is 0 Å². The van der Waals surface area contributed by atoms with Gasteiger partial charge in [-0.3, -0.25) is 9.09 Å². The lowest BCUT2D eigenvalue weighted by atomic mass is 9.90. The van der Waals surface area contributed by atoms with E-state index in [2.05, 4.69) is 18.1 Å². The van der Waals surface area contributed by atoms with Crippen LogP contribution in [0.25, 0.3) is 0 Å². The molecule has 16 nitrogen and oxygen atoms in total. The smallest absolute Gasteiger partial charge is 0.387 e. The van der Waals surface area contributed by atoms with Gasteiger partial charge in [0.25, 0.3) is 0 Å². The molecule has 2 heterocycles. The first-order valence-corrected chi connectivity index (χ1v) is 13.4. The summed E-state index contributed by atoms with van der Waals surface area (Å²) >= 11 is 0. The molecule has 0 aromatic carbocycles. The standard InChI is InChI=1S/C13H22F2N3O13P3/c1-5-6(14)9(16)17-11(20)18(5)10-13(4,15)7(19)8(28-10)12(2,3)29-33(24,25)31-34(26,27)30-32(21,22)23/h7-8,10,19H,1-4H3,(H,24,25)(H,26,27)(H2,16,17,20)(H2,21,22,23)/t7?,8-,10+,13+/m0/s1. The Morgan fingerprint density at radius 3 is 2.21 bits per heavy atom. The largest absolute Gasteiger partial charge is 0.490 e. The number of nitrogens with two attached hydrogens (primary N) is 1. The lowest BCUT2D eigenvalue weighted by Crippen LogP contribution is -2.49. The highest BCUT2D eigenvalue weighted by atomic mass is 31.3. The zero-order valence-corrected chi connectivity index (χ0v) is 20.5. The Morgan fingerprint density at radius 2 is 1.71 bits per heavy atom. The second-order valence-corrected chi connectivity index (χ2v) is 12.2. The Balaban J connectivity index is 2.38. The highest BCUT2D eigenvalue weighted by Gasteiger charge is 2.61. The number of phosphoric ester groups is 1. The molecule has 6 atom stereocenters. The van der Waals surface area contributed by atoms with Crippen LogP contribution in [0.2, 0.25) is 0 Å². The first kappa shape index (κ1) is 29.1. The van der Waals surface area contributed by atoms with Crippen molar-refractivity contribution in [2.24, 2.45) is 0 Å². The van der Waals surface area contributed by atoms with Gasteiger partial charge in [0.2, 0.25) is 0 Å². The topological polar surface area (TPSA) is 250 Å². The molecule has 0 amide bonds. The third-order valence-corrected chi connectivity index (χ3v) is 8.66. The molecule has 7 N–H and O–H groups in total. The van der Waals surface area contributed by atoms with Gasteiger partial charge in [0.05, 0.1) is 5.69 Å². The van der Waals surface area contributed by atoms with Gasteiger partial charge in [-0.05, 0) is 27.7 Å². The fourth-order valence-corrected chi connectivity index (χ4v) is 6.55. The van der Waals surface area contributed by atoms with Crippen molar-refractivity contribution < 1.29 is 65.0 Å². The van der Waals surface area contributed by atoms with Gasteiger partial charge >= 0.3 is 29.2 Å². The van der Waals surface area contributed by atoms with Gasteiger partial charge in [0.1, 0.15) is 17.8 Å². The molecule has 0 radical (unpaired) electrons. The highest BCUT2D eigenvalue weighted by molar-refractivity contribution is 7.66. The lowest BCUT2D eigenvalue weighted by molar-refractivity contribution is -0.120. The van der Waals surface area contributed by atoms with E-state index in [0.29, 0.717) is 4.57 Å². The second-order valence-electron chi connectivity index (χ2n) is 7.84. The molecule has 0 aliphatic carbocycles. The van der Waals surface area contributed by atoms with E-state index in [1.165, 1.54) is 0 Å². The summed E-state index contributed by atoms with van der Waals surface area (Å²) in [7, 11) is -17.2. The molecule has 0 saturated carbocycles. The number of nitrogen functional groups attached to an aromatic ring is 1. The van der Waals surface area contributed by atoms with Gasteiger partial charge in [-0.25, -0.2) is 27.3 Å². The fraction of sp³-hybridized carbons (Fsp3) is 0.692. The minimum absolute atomic E-state index is 0.413. The normalized spacial score (nSPS) is 29.6. The van der Waals surface area contributed by atoms with Gasteiger partial charge < -0.3 is 35.2 Å². The quantitative estimate of drug-likeness (QED) is 0.236. The fourth-order valence-electron chi connectivity index (χ4n) is 3.21. The first-order chi connectivity index (χ1) is 15.0. The van der Waals surface area contributed by atoms with Crippen LogP contribution in [-0.2, 0) is 31.6 Å². The van der Waals surface area contributed by atoms with E-state index in [4.69, 9.17) is 20.3 Å². The number of alkyl halides is 1. The number of halogens is 2. The summed E-state index contributed by atoms with van der Waals surface area (Å²) in [6, 6.07) is 0. The van der Waals surface area contributed by atoms with Crippen LogP contribution in [-0.4, -0.2) is 57.7 Å². The maximum Gasteiger partial charge on any atom is 0.490 e. The predicted octanol–water partition coefficient (Wildman–Crippen LogP) is 0.381. The summed E-state index contributed by atoms with van der Waals surface area (Å²) in [5.74, 6) is -1.95. The van der Waals surface area contributed by atoms with Gasteiger partial charge in [0, 0.05) is 0 Å². The summed E-state index contributed by atoms with van der Waals surface area (Å²) in [6.45, 7) is 3.69. The average Bonchev–Trinajstić information content (AvgIpc) is 2.80. The Hall–Kier alpha value is -1.13. The van der Waals surface area contributed by atoms with Crippen molar-refractivity contribution >= 4 is 29.3 Å². The molecule has 21 heteroatoms. The van der Waals surface area contributed by atoms with Crippen molar-refractivity contribution in [1.29, 1.82) is 0 Å². The molecule has 1 aliphatic rings. The van der Waals surface area contributed by atoms with E-state index in [-0.39, 0.29) is 0 Å². The molecule has 1 aromatic rings. The zero-order valence-electron chi connectivity index (χ0n) is 17.8. The Bertz CT molecular complexity index is 1170. The number of nitrogens with zero attached hydrogens (tertiary/aromatic N) is 2. The SMILES string of the molecule is Cc1c(F)c(N)nc(=O)n1[C@@H]1O[C@H](C(C)(C)OP(=O)(O)OP(=O)(O)OP(=O)(O)O)C(O)[C@@]1(C)F. The van der Waals surface area contributed by atoms with Crippen LogP contribution in [0.1, 0.15) is 32.7 Å². The number of aromatic nitrogens is 2. The first-order valence-electron chi connectivity index (χ1n) is 8.92. The van der Waals surface area contributed by atoms with Crippen molar-refractivity contribution in [2.75, 3.05) is 5.73 Å². The Morgan fingerprint density at radius 1 is 1.18 bits per heavy atom. The van der Waals surface area contributed by atoms with E-state index in [1.807, 2.05) is 0 Å². The van der Waals surface area contributed by atoms with E-state index in [1.54, 1.807) is 0 Å². The molecule has 2 rings (SSSR count). The number of ether oxygens (including phenoxy) is 1. The summed E-state index contributed by atoms with van der Waals surface area (Å²) in [6.07, 6.45) is -6.18. The van der Waals surface area contributed by atoms with Crippen LogP contribution in [0.5, 0.6) is 0 Å². The van der Waals surface area contributed by atoms with E-state index in [0.717, 1.165) is 27.7 Å². The third kappa shape index (κ3) is 6.16. The molecule has 196 valence electrons. The molecule has 3 unspecified atom stereocenters. The van der Waals surface area contributed by atoms with E-state index in [9.17, 15) is 37.8 Å². The summed E-state index contributed by atoms with van der Waals surface area (Å²) in [4.78, 5) is 51.6. The van der Waals surface area contributed by atoms with Crippen LogP contribution in [0, 0.1) is 12.7 Å². The average molecular weight is 559 g/mol. The molecule has 1 saturated heterocycles. The number of rotatable bonds is 8. The monoisotopic (exact) mass is 559 g/mol. The van der Waals surface area contributed by atoms with Gasteiger partial charge in [-0.1, -0.05) is 0 Å². The maximum absolute atomic E-state index is 15.5. The van der Waals surface area contributed by atoms with E-state index >= 15 is 4.39 Å². The number of phosphoric acid groups is 3. The Labute approximate surface area is 189 Å². The number of hydrogen-bond acceptors (Lipinski definition) is 11. The van der Waals surface area contributed by atoms with Crippen molar-refractivity contribution in [2.45, 2.75) is 57.4 Å². The van der Waals surface area contributed by atoms with Crippen LogP contribution in [0.4, 0.5) is 14.6 Å². The Kier molecular flexibility index (Phi) is 7.76. The summed E-state index contributed by atoms with van der Waals surface area (Å²) in [5.41, 5.74) is -1.62. The third-order valence-electron chi connectivity index (χ3n) is 4.64. The molecule has 0 spiro atoms. The number of hydrogen-bond donors (Lipinski definition) is 6. The maximum atomic E-state index is 15.5. The minimum Gasteiger partial charge on any atom is -0.387 e. The predicted molar refractivity (Wildman–Crippen MR) is 106 cm³/mol. The molecular formula is C13H22F2N3O13P3. The van der Waals surface area contributed by atoms with Crippen molar-refractivity contribution in [1.82, 2.24) is 9.55 Å². The molecule has 1 aromatic heterocycles. The number of aliphatic hydroxyl groups is 1. The van der Waals surface area contributed by atoms with Crippen LogP contribution < -0.4 is 11.4 Å². The molecular weight excluding hydrogens is 537 g/mol. The highest BCUT2D eigenvalue weighted by Crippen LogP contribution is 2.67. The molecule has 34 heavy (non-hydrogen) atoms. The molecule has 1 aliphatic heterocycles. The van der Waals surface area contributed by atoms with Crippen LogP contribution in [0.3, 0.4) is 0 Å².